The monoisotopic (exact) mass is 234 g/mol. The molecular formula is C14H22N2O. The lowest BCUT2D eigenvalue weighted by Crippen LogP contribution is -2.42. The number of hydrogen-bond donors (Lipinski definition) is 2. The number of nitrogens with zero attached hydrogens (tertiary/aromatic N) is 1. The number of benzene rings is 1. The number of para-hydroxylation sites is 1. The van der Waals surface area contributed by atoms with E-state index in [0.717, 1.165) is 32.5 Å². The van der Waals surface area contributed by atoms with Gasteiger partial charge in [-0.1, -0.05) is 18.2 Å². The molecule has 0 bridgehead atoms. The molecule has 1 aromatic rings. The first-order valence-electron chi connectivity index (χ1n) is 6.32. The van der Waals surface area contributed by atoms with E-state index in [2.05, 4.69) is 34.5 Å². The van der Waals surface area contributed by atoms with Gasteiger partial charge in [0.05, 0.1) is 5.60 Å². The summed E-state index contributed by atoms with van der Waals surface area (Å²) in [6.45, 7) is 4.70. The first-order valence-corrected chi connectivity index (χ1v) is 6.32. The number of anilines is 1. The summed E-state index contributed by atoms with van der Waals surface area (Å²) in [5, 5.41) is 13.2. The van der Waals surface area contributed by atoms with E-state index in [1.54, 1.807) is 0 Å². The van der Waals surface area contributed by atoms with Gasteiger partial charge in [-0.2, -0.15) is 0 Å². The Morgan fingerprint density at radius 2 is 1.94 bits per heavy atom. The smallest absolute Gasteiger partial charge is 0.0653 e. The summed E-state index contributed by atoms with van der Waals surface area (Å²) in [5.74, 6) is 0. The second kappa shape index (κ2) is 5.07. The third kappa shape index (κ3) is 2.99. The normalized spacial score (nSPS) is 19.4. The van der Waals surface area contributed by atoms with E-state index in [4.69, 9.17) is 0 Å². The van der Waals surface area contributed by atoms with E-state index in [9.17, 15) is 5.11 Å². The van der Waals surface area contributed by atoms with Crippen LogP contribution in [0.4, 0.5) is 5.69 Å². The topological polar surface area (TPSA) is 35.5 Å². The molecule has 0 unspecified atom stereocenters. The Bertz CT molecular complexity index is 366. The Balaban J connectivity index is 2.12. The number of hydrogen-bond acceptors (Lipinski definition) is 3. The summed E-state index contributed by atoms with van der Waals surface area (Å²) in [6, 6.07) is 8.50. The third-order valence-corrected chi connectivity index (χ3v) is 3.54. The second-order valence-corrected chi connectivity index (χ2v) is 5.14. The summed E-state index contributed by atoms with van der Waals surface area (Å²) in [7, 11) is 1.97. The lowest BCUT2D eigenvalue weighted by Gasteiger charge is -2.38. The fourth-order valence-corrected chi connectivity index (χ4v) is 2.39. The largest absolute Gasteiger partial charge is 0.390 e. The molecule has 0 amide bonds. The van der Waals surface area contributed by atoms with Crippen molar-refractivity contribution >= 4 is 5.69 Å². The molecule has 0 aromatic heterocycles. The Morgan fingerprint density at radius 3 is 2.59 bits per heavy atom. The molecule has 1 aliphatic heterocycles. The van der Waals surface area contributed by atoms with Gasteiger partial charge in [0.15, 0.2) is 0 Å². The SMILES string of the molecule is CNCc1ccccc1N1CCC(C)(O)CC1. The van der Waals surface area contributed by atoms with Crippen LogP contribution in [0.2, 0.25) is 0 Å². The van der Waals surface area contributed by atoms with E-state index in [-0.39, 0.29) is 0 Å². The summed E-state index contributed by atoms with van der Waals surface area (Å²) < 4.78 is 0. The molecule has 3 heteroatoms. The number of rotatable bonds is 3. The van der Waals surface area contributed by atoms with Crippen LogP contribution < -0.4 is 10.2 Å². The Hall–Kier alpha value is -1.06. The highest BCUT2D eigenvalue weighted by Crippen LogP contribution is 2.28. The molecule has 1 aliphatic rings. The van der Waals surface area contributed by atoms with Gasteiger partial charge in [0.25, 0.3) is 0 Å². The quantitative estimate of drug-likeness (QED) is 0.836. The van der Waals surface area contributed by atoms with E-state index in [1.807, 2.05) is 14.0 Å². The third-order valence-electron chi connectivity index (χ3n) is 3.54. The van der Waals surface area contributed by atoms with E-state index in [1.165, 1.54) is 11.3 Å². The molecule has 2 N–H and O–H groups in total. The van der Waals surface area contributed by atoms with Crippen LogP contribution >= 0.6 is 0 Å². The van der Waals surface area contributed by atoms with Gasteiger partial charge >= 0.3 is 0 Å². The van der Waals surface area contributed by atoms with Gasteiger partial charge in [0, 0.05) is 25.3 Å². The van der Waals surface area contributed by atoms with Crippen molar-refractivity contribution in [1.29, 1.82) is 0 Å². The van der Waals surface area contributed by atoms with E-state index >= 15 is 0 Å². The zero-order chi connectivity index (χ0) is 12.3. The highest BCUT2D eigenvalue weighted by atomic mass is 16.3. The van der Waals surface area contributed by atoms with E-state index in [0.29, 0.717) is 0 Å². The van der Waals surface area contributed by atoms with Crippen molar-refractivity contribution < 1.29 is 5.11 Å². The summed E-state index contributed by atoms with van der Waals surface area (Å²) >= 11 is 0. The zero-order valence-electron chi connectivity index (χ0n) is 10.7. The second-order valence-electron chi connectivity index (χ2n) is 5.14. The van der Waals surface area contributed by atoms with Gasteiger partial charge in [0.2, 0.25) is 0 Å². The molecule has 94 valence electrons. The maximum Gasteiger partial charge on any atom is 0.0653 e. The molecule has 1 heterocycles. The Morgan fingerprint density at radius 1 is 1.29 bits per heavy atom. The van der Waals surface area contributed by atoms with Gasteiger partial charge < -0.3 is 15.3 Å². The van der Waals surface area contributed by atoms with Crippen LogP contribution in [0.3, 0.4) is 0 Å². The average molecular weight is 234 g/mol. The summed E-state index contributed by atoms with van der Waals surface area (Å²) in [5.41, 5.74) is 2.16. The maximum atomic E-state index is 9.97. The first kappa shape index (κ1) is 12.4. The molecule has 2 rings (SSSR count). The molecule has 1 saturated heterocycles. The van der Waals surface area contributed by atoms with Crippen molar-refractivity contribution in [2.75, 3.05) is 25.0 Å². The molecular weight excluding hydrogens is 212 g/mol. The van der Waals surface area contributed by atoms with Gasteiger partial charge in [-0.3, -0.25) is 0 Å². The van der Waals surface area contributed by atoms with Crippen LogP contribution in [-0.2, 0) is 6.54 Å². The minimum Gasteiger partial charge on any atom is -0.390 e. The lowest BCUT2D eigenvalue weighted by molar-refractivity contribution is 0.0351. The molecule has 17 heavy (non-hydrogen) atoms. The fourth-order valence-electron chi connectivity index (χ4n) is 2.39. The van der Waals surface area contributed by atoms with Crippen LogP contribution in [0, 0.1) is 0 Å². The summed E-state index contributed by atoms with van der Waals surface area (Å²) in [4.78, 5) is 2.38. The number of aliphatic hydroxyl groups is 1. The van der Waals surface area contributed by atoms with E-state index < -0.39 is 5.60 Å². The molecule has 0 saturated carbocycles. The highest BCUT2D eigenvalue weighted by Gasteiger charge is 2.27. The summed E-state index contributed by atoms with van der Waals surface area (Å²) in [6.07, 6.45) is 1.70. The molecule has 0 aliphatic carbocycles. The van der Waals surface area contributed by atoms with Gasteiger partial charge in [-0.15, -0.1) is 0 Å². The van der Waals surface area contributed by atoms with Crippen LogP contribution in [-0.4, -0.2) is 30.8 Å². The van der Waals surface area contributed by atoms with Crippen LogP contribution in [0.5, 0.6) is 0 Å². The lowest BCUT2D eigenvalue weighted by atomic mass is 9.93. The molecule has 0 radical (unpaired) electrons. The van der Waals surface area contributed by atoms with Crippen molar-refractivity contribution in [3.63, 3.8) is 0 Å². The maximum absolute atomic E-state index is 9.97. The Kier molecular flexibility index (Phi) is 3.69. The number of nitrogens with one attached hydrogen (secondary N) is 1. The number of piperidine rings is 1. The fraction of sp³-hybridized carbons (Fsp3) is 0.571. The van der Waals surface area contributed by atoms with Crippen LogP contribution in [0.15, 0.2) is 24.3 Å². The molecule has 1 aromatic carbocycles. The van der Waals surface area contributed by atoms with Crippen molar-refractivity contribution in [1.82, 2.24) is 5.32 Å². The van der Waals surface area contributed by atoms with Gasteiger partial charge in [0.1, 0.15) is 0 Å². The minimum absolute atomic E-state index is 0.478. The predicted octanol–water partition coefficient (Wildman–Crippen LogP) is 1.76. The molecule has 0 atom stereocenters. The van der Waals surface area contributed by atoms with Crippen molar-refractivity contribution in [2.24, 2.45) is 0 Å². The predicted molar refractivity (Wildman–Crippen MR) is 71.3 cm³/mol. The average Bonchev–Trinajstić information content (AvgIpc) is 2.31. The molecule has 1 fully saturated rings. The van der Waals surface area contributed by atoms with Crippen molar-refractivity contribution in [2.45, 2.75) is 31.9 Å². The standard InChI is InChI=1S/C14H22N2O/c1-14(17)7-9-16(10-8-14)13-6-4-3-5-12(13)11-15-2/h3-6,15,17H,7-11H2,1-2H3. The molecule has 3 nitrogen and oxygen atoms in total. The zero-order valence-corrected chi connectivity index (χ0v) is 10.7. The Labute approximate surface area is 103 Å². The van der Waals surface area contributed by atoms with Gasteiger partial charge in [-0.25, -0.2) is 0 Å². The minimum atomic E-state index is -0.478. The van der Waals surface area contributed by atoms with Crippen molar-refractivity contribution in [3.8, 4) is 0 Å². The van der Waals surface area contributed by atoms with Crippen molar-refractivity contribution in [3.05, 3.63) is 29.8 Å². The van der Waals surface area contributed by atoms with Crippen LogP contribution in [0.25, 0.3) is 0 Å². The van der Waals surface area contributed by atoms with Crippen LogP contribution in [0.1, 0.15) is 25.3 Å². The first-order chi connectivity index (χ1) is 8.12. The highest BCUT2D eigenvalue weighted by molar-refractivity contribution is 5.54. The molecule has 0 spiro atoms. The van der Waals surface area contributed by atoms with Gasteiger partial charge in [-0.05, 0) is 38.4 Å².